The highest BCUT2D eigenvalue weighted by atomic mass is 16.5. The van der Waals surface area contributed by atoms with E-state index >= 15 is 0 Å². The van der Waals surface area contributed by atoms with Gasteiger partial charge in [-0.2, -0.15) is 0 Å². The summed E-state index contributed by atoms with van der Waals surface area (Å²) in [6, 6.07) is 10.7. The maximum Gasteiger partial charge on any atom is 0.127 e. The second-order valence-electron chi connectivity index (χ2n) is 4.69. The van der Waals surface area contributed by atoms with Crippen molar-refractivity contribution in [3.63, 3.8) is 0 Å². The summed E-state index contributed by atoms with van der Waals surface area (Å²) in [5.74, 6) is 0.941. The van der Waals surface area contributed by atoms with Gasteiger partial charge in [-0.05, 0) is 41.8 Å². The quantitative estimate of drug-likeness (QED) is 0.812. The molecule has 0 fully saturated rings. The lowest BCUT2D eigenvalue weighted by Crippen LogP contribution is -2.17. The van der Waals surface area contributed by atoms with E-state index in [9.17, 15) is 0 Å². The molecule has 17 heavy (non-hydrogen) atoms. The maximum absolute atomic E-state index is 6.21. The summed E-state index contributed by atoms with van der Waals surface area (Å²) in [7, 11) is 1.72. The lowest BCUT2D eigenvalue weighted by Gasteiger charge is -2.25. The Balaban J connectivity index is 2.36. The fourth-order valence-electron chi connectivity index (χ4n) is 2.86. The Kier molecular flexibility index (Phi) is 2.52. The predicted octanol–water partition coefficient (Wildman–Crippen LogP) is 3.18. The molecule has 0 saturated carbocycles. The molecule has 2 heteroatoms. The van der Waals surface area contributed by atoms with Gasteiger partial charge in [0.15, 0.2) is 0 Å². The van der Waals surface area contributed by atoms with Crippen molar-refractivity contribution in [2.45, 2.75) is 25.3 Å². The van der Waals surface area contributed by atoms with Crippen molar-refractivity contribution in [1.29, 1.82) is 0 Å². The van der Waals surface area contributed by atoms with Crippen LogP contribution in [0.25, 0.3) is 10.8 Å². The van der Waals surface area contributed by atoms with Crippen LogP contribution in [0.15, 0.2) is 30.3 Å². The van der Waals surface area contributed by atoms with Crippen LogP contribution in [0.2, 0.25) is 0 Å². The van der Waals surface area contributed by atoms with Crippen molar-refractivity contribution in [3.8, 4) is 5.75 Å². The molecule has 2 N–H and O–H groups in total. The van der Waals surface area contributed by atoms with Gasteiger partial charge in [0.25, 0.3) is 0 Å². The molecule has 1 unspecified atom stereocenters. The Hall–Kier alpha value is -1.54. The van der Waals surface area contributed by atoms with E-state index in [0.29, 0.717) is 0 Å². The largest absolute Gasteiger partial charge is 0.496 e. The Morgan fingerprint density at radius 1 is 1.24 bits per heavy atom. The van der Waals surface area contributed by atoms with Crippen molar-refractivity contribution in [1.82, 2.24) is 0 Å². The highest BCUT2D eigenvalue weighted by Gasteiger charge is 2.20. The van der Waals surface area contributed by atoms with Crippen molar-refractivity contribution in [3.05, 3.63) is 41.5 Å². The molecule has 0 spiro atoms. The minimum Gasteiger partial charge on any atom is -0.496 e. The average Bonchev–Trinajstić information content (AvgIpc) is 2.38. The first-order chi connectivity index (χ1) is 8.31. The summed E-state index contributed by atoms with van der Waals surface area (Å²) < 4.78 is 5.49. The van der Waals surface area contributed by atoms with Gasteiger partial charge >= 0.3 is 0 Å². The molecule has 0 bridgehead atoms. The molecule has 1 aliphatic rings. The Morgan fingerprint density at radius 2 is 2.00 bits per heavy atom. The number of aryl methyl sites for hydroxylation is 1. The molecule has 0 heterocycles. The summed E-state index contributed by atoms with van der Waals surface area (Å²) in [5.41, 5.74) is 8.89. The molecule has 0 aromatic heterocycles. The van der Waals surface area contributed by atoms with E-state index in [4.69, 9.17) is 10.5 Å². The van der Waals surface area contributed by atoms with E-state index < -0.39 is 0 Å². The monoisotopic (exact) mass is 227 g/mol. The summed E-state index contributed by atoms with van der Waals surface area (Å²) in [5, 5.41) is 2.50. The molecule has 0 amide bonds. The predicted molar refractivity (Wildman–Crippen MR) is 70.4 cm³/mol. The third kappa shape index (κ3) is 1.60. The number of methoxy groups -OCH3 is 1. The second-order valence-corrected chi connectivity index (χ2v) is 4.69. The van der Waals surface area contributed by atoms with Crippen LogP contribution in [0, 0.1) is 0 Å². The SMILES string of the molecule is COc1cc2c(c3ccccc13)CCCC2N. The molecule has 3 rings (SSSR count). The van der Waals surface area contributed by atoms with Crippen molar-refractivity contribution in [2.24, 2.45) is 5.73 Å². The zero-order chi connectivity index (χ0) is 11.8. The van der Waals surface area contributed by atoms with E-state index in [1.165, 1.54) is 28.3 Å². The van der Waals surface area contributed by atoms with Crippen LogP contribution < -0.4 is 10.5 Å². The Morgan fingerprint density at radius 3 is 2.76 bits per heavy atom. The fourth-order valence-corrected chi connectivity index (χ4v) is 2.86. The van der Waals surface area contributed by atoms with Crippen LogP contribution in [0.3, 0.4) is 0 Å². The standard InChI is InChI=1S/C15H17NO/c1-17-15-9-13-11(7-4-8-14(13)16)10-5-2-3-6-12(10)15/h2-3,5-6,9,14H,4,7-8,16H2,1H3. The Bertz CT molecular complexity index is 562. The van der Waals surface area contributed by atoms with Gasteiger partial charge in [-0.25, -0.2) is 0 Å². The number of fused-ring (bicyclic) bond motifs is 3. The van der Waals surface area contributed by atoms with Crippen LogP contribution in [0.5, 0.6) is 5.75 Å². The topological polar surface area (TPSA) is 35.2 Å². The van der Waals surface area contributed by atoms with Gasteiger partial charge in [-0.15, -0.1) is 0 Å². The minimum atomic E-state index is 0.164. The summed E-state index contributed by atoms with van der Waals surface area (Å²) in [6.07, 6.45) is 3.40. The Labute approximate surface area is 101 Å². The van der Waals surface area contributed by atoms with Crippen LogP contribution in [0.4, 0.5) is 0 Å². The van der Waals surface area contributed by atoms with Crippen molar-refractivity contribution >= 4 is 10.8 Å². The molecular weight excluding hydrogens is 210 g/mol. The normalized spacial score (nSPS) is 19.1. The lowest BCUT2D eigenvalue weighted by molar-refractivity contribution is 0.418. The summed E-state index contributed by atoms with van der Waals surface area (Å²) in [4.78, 5) is 0. The third-order valence-electron chi connectivity index (χ3n) is 3.71. The molecule has 88 valence electrons. The fraction of sp³-hybridized carbons (Fsp3) is 0.333. The zero-order valence-electron chi connectivity index (χ0n) is 10.1. The van der Waals surface area contributed by atoms with Gasteiger partial charge < -0.3 is 10.5 Å². The molecule has 1 atom stereocenters. The third-order valence-corrected chi connectivity index (χ3v) is 3.71. The summed E-state index contributed by atoms with van der Waals surface area (Å²) >= 11 is 0. The van der Waals surface area contributed by atoms with Gasteiger partial charge in [-0.1, -0.05) is 24.3 Å². The number of hydrogen-bond acceptors (Lipinski definition) is 2. The molecule has 2 aromatic rings. The maximum atomic E-state index is 6.21. The van der Waals surface area contributed by atoms with Crippen LogP contribution in [0.1, 0.15) is 30.0 Å². The second kappa shape index (κ2) is 4.04. The number of hydrogen-bond donors (Lipinski definition) is 1. The average molecular weight is 227 g/mol. The number of ether oxygens (including phenoxy) is 1. The minimum absolute atomic E-state index is 0.164. The summed E-state index contributed by atoms with van der Waals surface area (Å²) in [6.45, 7) is 0. The highest BCUT2D eigenvalue weighted by Crippen LogP contribution is 2.38. The van der Waals surface area contributed by atoms with E-state index in [1.807, 2.05) is 0 Å². The molecule has 2 nitrogen and oxygen atoms in total. The van der Waals surface area contributed by atoms with Crippen LogP contribution >= 0.6 is 0 Å². The van der Waals surface area contributed by atoms with E-state index in [2.05, 4.69) is 30.3 Å². The molecule has 2 aromatic carbocycles. The first-order valence-corrected chi connectivity index (χ1v) is 6.15. The van der Waals surface area contributed by atoms with Crippen LogP contribution in [-0.4, -0.2) is 7.11 Å². The smallest absolute Gasteiger partial charge is 0.127 e. The molecular formula is C15H17NO. The first-order valence-electron chi connectivity index (χ1n) is 6.15. The molecule has 0 aliphatic heterocycles. The van der Waals surface area contributed by atoms with E-state index in [-0.39, 0.29) is 6.04 Å². The van der Waals surface area contributed by atoms with Gasteiger partial charge in [0.2, 0.25) is 0 Å². The first kappa shape index (κ1) is 10.6. The van der Waals surface area contributed by atoms with Gasteiger partial charge in [-0.3, -0.25) is 0 Å². The molecule has 0 radical (unpaired) electrons. The van der Waals surface area contributed by atoms with E-state index in [0.717, 1.165) is 18.6 Å². The number of rotatable bonds is 1. The van der Waals surface area contributed by atoms with E-state index in [1.54, 1.807) is 7.11 Å². The van der Waals surface area contributed by atoms with Crippen molar-refractivity contribution in [2.75, 3.05) is 7.11 Å². The lowest BCUT2D eigenvalue weighted by atomic mass is 9.84. The van der Waals surface area contributed by atoms with Crippen molar-refractivity contribution < 1.29 is 4.74 Å². The molecule has 0 saturated heterocycles. The molecule has 1 aliphatic carbocycles. The van der Waals surface area contributed by atoms with Gasteiger partial charge in [0.1, 0.15) is 5.75 Å². The van der Waals surface area contributed by atoms with Crippen LogP contribution in [-0.2, 0) is 6.42 Å². The number of benzene rings is 2. The van der Waals surface area contributed by atoms with Gasteiger partial charge in [0.05, 0.1) is 7.11 Å². The number of nitrogens with two attached hydrogens (primary N) is 1. The zero-order valence-corrected chi connectivity index (χ0v) is 10.1. The highest BCUT2D eigenvalue weighted by molar-refractivity contribution is 5.92. The van der Waals surface area contributed by atoms with Gasteiger partial charge in [0, 0.05) is 11.4 Å².